The van der Waals surface area contributed by atoms with E-state index in [9.17, 15) is 0 Å². The fraction of sp³-hybridized carbons (Fsp3) is 0.600. The summed E-state index contributed by atoms with van der Waals surface area (Å²) in [5, 5.41) is 2.08. The molecule has 2 heterocycles. The van der Waals surface area contributed by atoms with Gasteiger partial charge in [-0.1, -0.05) is 6.07 Å². The van der Waals surface area contributed by atoms with Crippen molar-refractivity contribution in [3.05, 3.63) is 22.4 Å². The first kappa shape index (κ1) is 10.1. The standard InChI is InChI=1S/C10H16N2OS/c1-7-5-8(6-13-7)10(12-11)9-3-2-4-14-9/h2-4,7-8,10,12H,5-6,11H2,1H3. The molecule has 3 N–H and O–H groups in total. The van der Waals surface area contributed by atoms with Crippen LogP contribution in [0.1, 0.15) is 24.3 Å². The van der Waals surface area contributed by atoms with Crippen LogP contribution in [0.3, 0.4) is 0 Å². The zero-order chi connectivity index (χ0) is 9.97. The van der Waals surface area contributed by atoms with Gasteiger partial charge < -0.3 is 4.74 Å². The second-order valence-corrected chi connectivity index (χ2v) is 4.78. The molecule has 0 spiro atoms. The van der Waals surface area contributed by atoms with E-state index in [1.165, 1.54) is 4.88 Å². The Morgan fingerprint density at radius 2 is 2.57 bits per heavy atom. The van der Waals surface area contributed by atoms with E-state index in [1.807, 2.05) is 0 Å². The third-order valence-electron chi connectivity index (χ3n) is 2.73. The topological polar surface area (TPSA) is 47.3 Å². The molecule has 4 heteroatoms. The van der Waals surface area contributed by atoms with E-state index in [4.69, 9.17) is 10.6 Å². The van der Waals surface area contributed by atoms with E-state index >= 15 is 0 Å². The summed E-state index contributed by atoms with van der Waals surface area (Å²) in [4.78, 5) is 1.30. The molecule has 1 fully saturated rings. The fourth-order valence-corrected chi connectivity index (χ4v) is 2.88. The molecule has 1 aliphatic heterocycles. The van der Waals surface area contributed by atoms with Crippen molar-refractivity contribution in [3.8, 4) is 0 Å². The predicted molar refractivity (Wildman–Crippen MR) is 57.9 cm³/mol. The van der Waals surface area contributed by atoms with Gasteiger partial charge in [-0.25, -0.2) is 0 Å². The van der Waals surface area contributed by atoms with Crippen molar-refractivity contribution in [1.29, 1.82) is 0 Å². The highest BCUT2D eigenvalue weighted by Crippen LogP contribution is 2.32. The molecule has 0 aromatic carbocycles. The molecule has 0 bridgehead atoms. The van der Waals surface area contributed by atoms with Gasteiger partial charge in [-0.15, -0.1) is 11.3 Å². The molecule has 78 valence electrons. The highest BCUT2D eigenvalue weighted by atomic mass is 32.1. The molecule has 14 heavy (non-hydrogen) atoms. The lowest BCUT2D eigenvalue weighted by Gasteiger charge is -2.19. The molecular weight excluding hydrogens is 196 g/mol. The van der Waals surface area contributed by atoms with Gasteiger partial charge in [0.05, 0.1) is 18.8 Å². The van der Waals surface area contributed by atoms with Crippen molar-refractivity contribution >= 4 is 11.3 Å². The fourth-order valence-electron chi connectivity index (χ4n) is 2.00. The van der Waals surface area contributed by atoms with Gasteiger partial charge in [0.25, 0.3) is 0 Å². The average Bonchev–Trinajstić information content (AvgIpc) is 2.79. The van der Waals surface area contributed by atoms with Gasteiger partial charge in [-0.2, -0.15) is 0 Å². The predicted octanol–water partition coefficient (Wildman–Crippen LogP) is 1.68. The molecule has 1 aromatic rings. The lowest BCUT2D eigenvalue weighted by molar-refractivity contribution is 0.117. The molecule has 0 aliphatic carbocycles. The first-order valence-electron chi connectivity index (χ1n) is 4.92. The summed E-state index contributed by atoms with van der Waals surface area (Å²) in [6.07, 6.45) is 1.46. The molecule has 1 aliphatic rings. The average molecular weight is 212 g/mol. The Balaban J connectivity index is 2.07. The van der Waals surface area contributed by atoms with Crippen molar-refractivity contribution in [2.24, 2.45) is 11.8 Å². The Bertz CT molecular complexity index is 276. The monoisotopic (exact) mass is 212 g/mol. The summed E-state index contributed by atoms with van der Waals surface area (Å²) < 4.78 is 5.56. The van der Waals surface area contributed by atoms with E-state index in [-0.39, 0.29) is 6.04 Å². The number of rotatable bonds is 3. The van der Waals surface area contributed by atoms with Crippen LogP contribution in [-0.2, 0) is 4.74 Å². The quantitative estimate of drug-likeness (QED) is 0.592. The van der Waals surface area contributed by atoms with Gasteiger partial charge in [0, 0.05) is 10.8 Å². The van der Waals surface area contributed by atoms with Crippen molar-refractivity contribution in [3.63, 3.8) is 0 Å². The summed E-state index contributed by atoms with van der Waals surface area (Å²) in [5.74, 6) is 6.10. The third kappa shape index (κ3) is 1.98. The van der Waals surface area contributed by atoms with Gasteiger partial charge in [0.2, 0.25) is 0 Å². The first-order chi connectivity index (χ1) is 6.81. The molecule has 0 radical (unpaired) electrons. The minimum Gasteiger partial charge on any atom is -0.378 e. The zero-order valence-corrected chi connectivity index (χ0v) is 9.09. The van der Waals surface area contributed by atoms with Crippen LogP contribution in [0.5, 0.6) is 0 Å². The molecule has 0 saturated carbocycles. The molecule has 3 atom stereocenters. The minimum atomic E-state index is 0.250. The van der Waals surface area contributed by atoms with Gasteiger partial charge in [-0.05, 0) is 24.8 Å². The Morgan fingerprint density at radius 3 is 3.07 bits per heavy atom. The number of nitrogens with two attached hydrogens (primary N) is 1. The number of hydrogen-bond donors (Lipinski definition) is 2. The van der Waals surface area contributed by atoms with E-state index in [0.29, 0.717) is 12.0 Å². The van der Waals surface area contributed by atoms with E-state index in [2.05, 4.69) is 29.9 Å². The summed E-state index contributed by atoms with van der Waals surface area (Å²) in [7, 11) is 0. The van der Waals surface area contributed by atoms with Crippen LogP contribution in [0.25, 0.3) is 0 Å². The van der Waals surface area contributed by atoms with Crippen molar-refractivity contribution in [2.45, 2.75) is 25.5 Å². The zero-order valence-electron chi connectivity index (χ0n) is 8.27. The van der Waals surface area contributed by atoms with Crippen LogP contribution in [0, 0.1) is 5.92 Å². The second kappa shape index (κ2) is 4.40. The lowest BCUT2D eigenvalue weighted by Crippen LogP contribution is -2.33. The maximum atomic E-state index is 5.59. The summed E-state index contributed by atoms with van der Waals surface area (Å²) in [6.45, 7) is 2.93. The molecule has 0 amide bonds. The molecule has 1 aromatic heterocycles. The second-order valence-electron chi connectivity index (χ2n) is 3.80. The third-order valence-corrected chi connectivity index (χ3v) is 3.69. The van der Waals surface area contributed by atoms with Crippen LogP contribution in [0.4, 0.5) is 0 Å². The smallest absolute Gasteiger partial charge is 0.0604 e. The first-order valence-corrected chi connectivity index (χ1v) is 5.80. The molecule has 2 rings (SSSR count). The Labute approximate surface area is 88.2 Å². The van der Waals surface area contributed by atoms with Crippen LogP contribution in [0.15, 0.2) is 17.5 Å². The Hall–Kier alpha value is -0.420. The van der Waals surface area contributed by atoms with Gasteiger partial charge in [0.1, 0.15) is 0 Å². The maximum Gasteiger partial charge on any atom is 0.0604 e. The summed E-state index contributed by atoms with van der Waals surface area (Å²) in [5.41, 5.74) is 2.90. The van der Waals surface area contributed by atoms with E-state index in [1.54, 1.807) is 11.3 Å². The van der Waals surface area contributed by atoms with Crippen LogP contribution in [-0.4, -0.2) is 12.7 Å². The number of nitrogens with one attached hydrogen (secondary N) is 1. The largest absolute Gasteiger partial charge is 0.378 e. The number of thiophene rings is 1. The van der Waals surface area contributed by atoms with Crippen LogP contribution >= 0.6 is 11.3 Å². The minimum absolute atomic E-state index is 0.250. The number of ether oxygens (including phenoxy) is 1. The SMILES string of the molecule is CC1CC(C(NN)c2cccs2)CO1. The Morgan fingerprint density at radius 1 is 1.71 bits per heavy atom. The molecular formula is C10H16N2OS. The van der Waals surface area contributed by atoms with Crippen LogP contribution in [0.2, 0.25) is 0 Å². The normalized spacial score (nSPS) is 29.3. The molecule has 3 nitrogen and oxygen atoms in total. The van der Waals surface area contributed by atoms with Crippen molar-refractivity contribution < 1.29 is 4.74 Å². The van der Waals surface area contributed by atoms with Crippen molar-refractivity contribution in [1.82, 2.24) is 5.43 Å². The van der Waals surface area contributed by atoms with Crippen LogP contribution < -0.4 is 11.3 Å². The summed E-state index contributed by atoms with van der Waals surface area (Å²) in [6, 6.07) is 4.43. The van der Waals surface area contributed by atoms with Gasteiger partial charge in [-0.3, -0.25) is 11.3 Å². The number of hydrazine groups is 1. The van der Waals surface area contributed by atoms with Gasteiger partial charge in [0.15, 0.2) is 0 Å². The van der Waals surface area contributed by atoms with Gasteiger partial charge >= 0.3 is 0 Å². The highest BCUT2D eigenvalue weighted by molar-refractivity contribution is 7.10. The van der Waals surface area contributed by atoms with Crippen molar-refractivity contribution in [2.75, 3.05) is 6.61 Å². The maximum absolute atomic E-state index is 5.59. The summed E-state index contributed by atoms with van der Waals surface area (Å²) >= 11 is 1.75. The molecule has 3 unspecified atom stereocenters. The molecule has 1 saturated heterocycles. The van der Waals surface area contributed by atoms with E-state index < -0.39 is 0 Å². The highest BCUT2D eigenvalue weighted by Gasteiger charge is 2.30. The number of hydrogen-bond acceptors (Lipinski definition) is 4. The van der Waals surface area contributed by atoms with E-state index in [0.717, 1.165) is 13.0 Å². The lowest BCUT2D eigenvalue weighted by atomic mass is 9.96. The Kier molecular flexibility index (Phi) is 3.18.